The van der Waals surface area contributed by atoms with Gasteiger partial charge < -0.3 is 14.4 Å². The number of rotatable bonds is 4. The molecule has 1 N–H and O–H groups in total. The molecule has 5 heteroatoms. The highest BCUT2D eigenvalue weighted by molar-refractivity contribution is 5.81. The van der Waals surface area contributed by atoms with Gasteiger partial charge >= 0.3 is 5.97 Å². The SMILES string of the molecule is CC(c1ccco1)N(C)C(=O)[C@@H]1CC[C@H](C(=O)O)C1. The Labute approximate surface area is 112 Å². The maximum absolute atomic E-state index is 12.3. The minimum atomic E-state index is -0.794. The summed E-state index contributed by atoms with van der Waals surface area (Å²) < 4.78 is 5.30. The molecule has 1 aliphatic rings. The number of carbonyl (C=O) groups is 2. The molecule has 0 aromatic carbocycles. The Morgan fingerprint density at radius 1 is 1.42 bits per heavy atom. The third-order valence-corrected chi connectivity index (χ3v) is 4.01. The second kappa shape index (κ2) is 5.47. The van der Waals surface area contributed by atoms with E-state index < -0.39 is 5.97 Å². The molecular formula is C14H19NO4. The van der Waals surface area contributed by atoms with Gasteiger partial charge in [0.2, 0.25) is 5.91 Å². The Balaban J connectivity index is 1.98. The number of amides is 1. The maximum Gasteiger partial charge on any atom is 0.306 e. The fourth-order valence-corrected chi connectivity index (χ4v) is 2.63. The van der Waals surface area contributed by atoms with E-state index >= 15 is 0 Å². The highest BCUT2D eigenvalue weighted by atomic mass is 16.4. The molecule has 1 aliphatic carbocycles. The van der Waals surface area contributed by atoms with E-state index in [2.05, 4.69) is 0 Å². The molecule has 1 aromatic heterocycles. The van der Waals surface area contributed by atoms with Gasteiger partial charge in [-0.25, -0.2) is 0 Å². The van der Waals surface area contributed by atoms with Gasteiger partial charge in [-0.1, -0.05) is 0 Å². The highest BCUT2D eigenvalue weighted by Gasteiger charge is 2.36. The van der Waals surface area contributed by atoms with E-state index in [1.54, 1.807) is 24.3 Å². The molecule has 0 spiro atoms. The van der Waals surface area contributed by atoms with Crippen LogP contribution in [0.3, 0.4) is 0 Å². The molecule has 0 radical (unpaired) electrons. The molecule has 104 valence electrons. The average Bonchev–Trinajstić information content (AvgIpc) is 3.06. The van der Waals surface area contributed by atoms with Crippen molar-refractivity contribution in [2.24, 2.45) is 11.8 Å². The van der Waals surface area contributed by atoms with Crippen LogP contribution in [0.1, 0.15) is 38.0 Å². The topological polar surface area (TPSA) is 70.8 Å². The monoisotopic (exact) mass is 265 g/mol. The van der Waals surface area contributed by atoms with Crippen LogP contribution in [0.25, 0.3) is 0 Å². The molecule has 2 rings (SSSR count). The second-order valence-electron chi connectivity index (χ2n) is 5.19. The lowest BCUT2D eigenvalue weighted by Gasteiger charge is -2.26. The average molecular weight is 265 g/mol. The first kappa shape index (κ1) is 13.6. The van der Waals surface area contributed by atoms with Crippen LogP contribution < -0.4 is 0 Å². The number of furan rings is 1. The Morgan fingerprint density at radius 2 is 2.11 bits per heavy atom. The van der Waals surface area contributed by atoms with Gasteiger partial charge in [-0.05, 0) is 38.3 Å². The lowest BCUT2D eigenvalue weighted by molar-refractivity contribution is -0.141. The first-order valence-electron chi connectivity index (χ1n) is 6.53. The molecular weight excluding hydrogens is 246 g/mol. The van der Waals surface area contributed by atoms with Crippen molar-refractivity contribution in [2.45, 2.75) is 32.2 Å². The smallest absolute Gasteiger partial charge is 0.306 e. The van der Waals surface area contributed by atoms with Gasteiger partial charge in [-0.2, -0.15) is 0 Å². The standard InChI is InChI=1S/C14H19NO4/c1-9(12-4-3-7-19-12)15(2)13(16)10-5-6-11(8-10)14(17)18/h3-4,7,9-11H,5-6,8H2,1-2H3,(H,17,18)/t9?,10-,11+/m1/s1. The molecule has 1 amide bonds. The Bertz CT molecular complexity index is 454. The van der Waals surface area contributed by atoms with Gasteiger partial charge in [0.1, 0.15) is 5.76 Å². The molecule has 3 atom stereocenters. The molecule has 19 heavy (non-hydrogen) atoms. The van der Waals surface area contributed by atoms with Crippen LogP contribution in [0, 0.1) is 11.8 Å². The summed E-state index contributed by atoms with van der Waals surface area (Å²) in [6.07, 6.45) is 3.28. The zero-order valence-corrected chi connectivity index (χ0v) is 11.2. The Kier molecular flexibility index (Phi) is 3.93. The molecule has 1 unspecified atom stereocenters. The van der Waals surface area contributed by atoms with E-state index in [0.29, 0.717) is 19.3 Å². The number of hydrogen-bond acceptors (Lipinski definition) is 3. The Morgan fingerprint density at radius 3 is 2.63 bits per heavy atom. The third kappa shape index (κ3) is 2.80. The minimum absolute atomic E-state index is 0.00708. The van der Waals surface area contributed by atoms with Crippen molar-refractivity contribution in [2.75, 3.05) is 7.05 Å². The van der Waals surface area contributed by atoms with Gasteiger partial charge in [0.15, 0.2) is 0 Å². The summed E-state index contributed by atoms with van der Waals surface area (Å²) in [4.78, 5) is 24.9. The molecule has 1 heterocycles. The van der Waals surface area contributed by atoms with E-state index in [9.17, 15) is 9.59 Å². The van der Waals surface area contributed by atoms with Crippen molar-refractivity contribution >= 4 is 11.9 Å². The van der Waals surface area contributed by atoms with Gasteiger partial charge in [0.05, 0.1) is 18.2 Å². The number of nitrogens with zero attached hydrogens (tertiary/aromatic N) is 1. The summed E-state index contributed by atoms with van der Waals surface area (Å²) in [5.74, 6) is -0.599. The lowest BCUT2D eigenvalue weighted by atomic mass is 10.0. The maximum atomic E-state index is 12.3. The predicted molar refractivity (Wildman–Crippen MR) is 68.4 cm³/mol. The van der Waals surface area contributed by atoms with Crippen molar-refractivity contribution in [1.82, 2.24) is 4.90 Å². The van der Waals surface area contributed by atoms with Gasteiger partial charge in [-0.3, -0.25) is 9.59 Å². The van der Waals surface area contributed by atoms with Crippen LogP contribution in [0.5, 0.6) is 0 Å². The van der Waals surface area contributed by atoms with Crippen LogP contribution >= 0.6 is 0 Å². The predicted octanol–water partition coefficient (Wildman–Crippen LogP) is 2.30. The van der Waals surface area contributed by atoms with Crippen molar-refractivity contribution in [3.63, 3.8) is 0 Å². The lowest BCUT2D eigenvalue weighted by Crippen LogP contribution is -2.34. The normalized spacial score (nSPS) is 24.1. The summed E-state index contributed by atoms with van der Waals surface area (Å²) in [6, 6.07) is 3.50. The zero-order chi connectivity index (χ0) is 14.0. The van der Waals surface area contributed by atoms with Gasteiger partial charge in [-0.15, -0.1) is 0 Å². The van der Waals surface area contributed by atoms with Crippen LogP contribution in [0.2, 0.25) is 0 Å². The fraction of sp³-hybridized carbons (Fsp3) is 0.571. The fourth-order valence-electron chi connectivity index (χ4n) is 2.63. The number of aliphatic carboxylic acids is 1. The number of hydrogen-bond donors (Lipinski definition) is 1. The minimum Gasteiger partial charge on any atom is -0.481 e. The van der Waals surface area contributed by atoms with E-state index in [-0.39, 0.29) is 23.8 Å². The quantitative estimate of drug-likeness (QED) is 0.906. The van der Waals surface area contributed by atoms with Crippen LogP contribution in [-0.2, 0) is 9.59 Å². The van der Waals surface area contributed by atoms with Crippen molar-refractivity contribution in [3.8, 4) is 0 Å². The molecule has 0 saturated heterocycles. The molecule has 0 aliphatic heterocycles. The summed E-state index contributed by atoms with van der Waals surface area (Å²) in [5, 5.41) is 8.97. The third-order valence-electron chi connectivity index (χ3n) is 4.01. The molecule has 1 aromatic rings. The molecule has 1 fully saturated rings. The summed E-state index contributed by atoms with van der Waals surface area (Å²) in [5.41, 5.74) is 0. The zero-order valence-electron chi connectivity index (χ0n) is 11.2. The first-order chi connectivity index (χ1) is 9.00. The van der Waals surface area contributed by atoms with Crippen molar-refractivity contribution < 1.29 is 19.1 Å². The van der Waals surface area contributed by atoms with E-state index in [4.69, 9.17) is 9.52 Å². The van der Waals surface area contributed by atoms with Crippen molar-refractivity contribution in [3.05, 3.63) is 24.2 Å². The van der Waals surface area contributed by atoms with Gasteiger partial charge in [0.25, 0.3) is 0 Å². The molecule has 5 nitrogen and oxygen atoms in total. The van der Waals surface area contributed by atoms with Gasteiger partial charge in [0, 0.05) is 13.0 Å². The van der Waals surface area contributed by atoms with E-state index in [1.165, 1.54) is 0 Å². The number of carboxylic acid groups (broad SMARTS) is 1. The highest BCUT2D eigenvalue weighted by Crippen LogP contribution is 2.33. The van der Waals surface area contributed by atoms with Crippen LogP contribution in [-0.4, -0.2) is 28.9 Å². The summed E-state index contributed by atoms with van der Waals surface area (Å²) in [7, 11) is 1.74. The summed E-state index contributed by atoms with van der Waals surface area (Å²) in [6.45, 7) is 1.90. The van der Waals surface area contributed by atoms with Crippen LogP contribution in [0.4, 0.5) is 0 Å². The number of carbonyl (C=O) groups excluding carboxylic acids is 1. The molecule has 1 saturated carbocycles. The van der Waals surface area contributed by atoms with E-state index in [1.807, 2.05) is 13.0 Å². The molecule has 0 bridgehead atoms. The Hall–Kier alpha value is -1.78. The second-order valence-corrected chi connectivity index (χ2v) is 5.19. The number of carboxylic acids is 1. The largest absolute Gasteiger partial charge is 0.481 e. The van der Waals surface area contributed by atoms with Crippen molar-refractivity contribution in [1.29, 1.82) is 0 Å². The van der Waals surface area contributed by atoms with Crippen LogP contribution in [0.15, 0.2) is 22.8 Å². The van der Waals surface area contributed by atoms with E-state index in [0.717, 1.165) is 5.76 Å². The first-order valence-corrected chi connectivity index (χ1v) is 6.53. The summed E-state index contributed by atoms with van der Waals surface area (Å²) >= 11 is 0.